The normalized spacial score (nSPS) is 22.1. The molecule has 2 unspecified atom stereocenters. The van der Waals surface area contributed by atoms with E-state index >= 15 is 0 Å². The van der Waals surface area contributed by atoms with Crippen LogP contribution in [-0.4, -0.2) is 38.9 Å². The summed E-state index contributed by atoms with van der Waals surface area (Å²) in [5.41, 5.74) is 3.74. The highest BCUT2D eigenvalue weighted by Crippen LogP contribution is 2.55. The van der Waals surface area contributed by atoms with Gasteiger partial charge in [-0.15, -0.1) is 11.8 Å². The maximum atomic E-state index is 13.5. The van der Waals surface area contributed by atoms with Crippen molar-refractivity contribution in [2.75, 3.05) is 7.05 Å². The van der Waals surface area contributed by atoms with E-state index in [4.69, 9.17) is 0 Å². The Hall–Kier alpha value is -2.82. The number of likely N-dealkylation sites (N-methyl/N-ethyl adjacent to an activating group) is 1. The van der Waals surface area contributed by atoms with E-state index in [0.717, 1.165) is 22.4 Å². The first-order valence-electron chi connectivity index (χ1n) is 11.0. The summed E-state index contributed by atoms with van der Waals surface area (Å²) >= 11 is 1.83. The zero-order valence-corrected chi connectivity index (χ0v) is 19.5. The van der Waals surface area contributed by atoms with Gasteiger partial charge in [-0.2, -0.15) is 0 Å². The number of β-lactam (4-membered cyclic amide) rings is 1. The van der Waals surface area contributed by atoms with Gasteiger partial charge >= 0.3 is 0 Å². The number of amides is 1. The Bertz CT molecular complexity index is 1050. The second-order valence-electron chi connectivity index (χ2n) is 9.04. The molecule has 2 atom stereocenters. The molecule has 32 heavy (non-hydrogen) atoms. The van der Waals surface area contributed by atoms with Crippen molar-refractivity contribution in [2.45, 2.75) is 35.5 Å². The number of nitrogens with zero attached hydrogens (tertiary/aromatic N) is 2. The molecule has 2 fully saturated rings. The van der Waals surface area contributed by atoms with E-state index < -0.39 is 5.54 Å². The number of rotatable bonds is 5. The van der Waals surface area contributed by atoms with Crippen LogP contribution in [0.5, 0.6) is 0 Å². The summed E-state index contributed by atoms with van der Waals surface area (Å²) in [7, 11) is 2.10. The Morgan fingerprint density at radius 2 is 1.25 bits per heavy atom. The maximum Gasteiger partial charge on any atom is 0.248 e. The highest BCUT2D eigenvalue weighted by Gasteiger charge is 2.62. The van der Waals surface area contributed by atoms with Gasteiger partial charge in [0.05, 0.1) is 10.3 Å². The molecule has 1 amide bonds. The molecule has 0 bridgehead atoms. The zero-order chi connectivity index (χ0) is 22.5. The van der Waals surface area contributed by atoms with Crippen LogP contribution in [0.3, 0.4) is 0 Å². The Morgan fingerprint density at radius 3 is 1.66 bits per heavy atom. The smallest absolute Gasteiger partial charge is 0.248 e. The van der Waals surface area contributed by atoms with E-state index in [1.54, 1.807) is 0 Å². The van der Waals surface area contributed by atoms with Gasteiger partial charge < -0.3 is 0 Å². The van der Waals surface area contributed by atoms with Gasteiger partial charge in [0, 0.05) is 5.70 Å². The minimum absolute atomic E-state index is 0.0607. The number of fused-ring (bicyclic) bond motifs is 1. The average molecular weight is 441 g/mol. The molecule has 5 rings (SSSR count). The molecule has 0 spiro atoms. The van der Waals surface area contributed by atoms with Gasteiger partial charge in [0.1, 0.15) is 11.4 Å². The molecule has 0 aliphatic carbocycles. The van der Waals surface area contributed by atoms with E-state index in [0.29, 0.717) is 0 Å². The number of thioether (sulfide) groups is 1. The predicted octanol–water partition coefficient (Wildman–Crippen LogP) is 5.49. The van der Waals surface area contributed by atoms with E-state index in [1.807, 2.05) is 34.9 Å². The Kier molecular flexibility index (Phi) is 5.03. The molecule has 2 aliphatic heterocycles. The van der Waals surface area contributed by atoms with Crippen molar-refractivity contribution in [1.82, 2.24) is 9.80 Å². The molecule has 2 heterocycles. The number of carbonyl (C=O) groups is 1. The van der Waals surface area contributed by atoms with Crippen molar-refractivity contribution in [1.29, 1.82) is 0 Å². The Balaban J connectivity index is 1.72. The Labute approximate surface area is 194 Å². The molecule has 3 aromatic carbocycles. The van der Waals surface area contributed by atoms with E-state index in [9.17, 15) is 4.79 Å². The number of hydrogen-bond donors (Lipinski definition) is 0. The van der Waals surface area contributed by atoms with Crippen molar-refractivity contribution in [3.63, 3.8) is 0 Å². The molecule has 0 N–H and O–H groups in total. The minimum atomic E-state index is -0.606. The largest absolute Gasteiger partial charge is 0.299 e. The van der Waals surface area contributed by atoms with Gasteiger partial charge in [0.15, 0.2) is 0 Å². The summed E-state index contributed by atoms with van der Waals surface area (Å²) in [4.78, 5) is 17.7. The maximum absolute atomic E-state index is 13.5. The standard InChI is InChI=1S/C28H28N2OS/c1-20-27(2,3)32-26-24(25(31)30(20)26)29(4)28(21-14-8-5-9-15-21,22-16-10-6-11-17-22)23-18-12-7-13-19-23/h5-19,24,26H,1H2,2-4H3. The highest BCUT2D eigenvalue weighted by molar-refractivity contribution is 8.01. The summed E-state index contributed by atoms with van der Waals surface area (Å²) in [6.45, 7) is 8.54. The quantitative estimate of drug-likeness (QED) is 0.387. The van der Waals surface area contributed by atoms with Gasteiger partial charge in [-0.05, 0) is 37.6 Å². The predicted molar refractivity (Wildman–Crippen MR) is 132 cm³/mol. The van der Waals surface area contributed by atoms with Gasteiger partial charge in [-0.3, -0.25) is 14.6 Å². The molecular formula is C28H28N2OS. The topological polar surface area (TPSA) is 23.6 Å². The molecular weight excluding hydrogens is 412 g/mol. The average Bonchev–Trinajstić information content (AvgIpc) is 3.02. The third kappa shape index (κ3) is 2.90. The van der Waals surface area contributed by atoms with Crippen molar-refractivity contribution in [3.8, 4) is 0 Å². The Morgan fingerprint density at radius 1 is 0.844 bits per heavy atom. The van der Waals surface area contributed by atoms with Crippen LogP contribution in [-0.2, 0) is 10.3 Å². The number of benzene rings is 3. The van der Waals surface area contributed by atoms with Gasteiger partial charge in [0.25, 0.3) is 0 Å². The van der Waals surface area contributed by atoms with E-state index in [-0.39, 0.29) is 22.1 Å². The fraction of sp³-hybridized carbons (Fsp3) is 0.250. The lowest BCUT2D eigenvalue weighted by Gasteiger charge is -2.53. The lowest BCUT2D eigenvalue weighted by Crippen LogP contribution is -2.69. The van der Waals surface area contributed by atoms with Crippen LogP contribution in [0, 0.1) is 0 Å². The van der Waals surface area contributed by atoms with Crippen LogP contribution in [0.25, 0.3) is 0 Å². The molecule has 0 radical (unpaired) electrons. The number of carbonyl (C=O) groups excluding carboxylic acids is 1. The van der Waals surface area contributed by atoms with Crippen LogP contribution in [0.1, 0.15) is 30.5 Å². The molecule has 0 aromatic heterocycles. The van der Waals surface area contributed by atoms with Crippen LogP contribution in [0.2, 0.25) is 0 Å². The second kappa shape index (κ2) is 7.65. The first-order valence-corrected chi connectivity index (χ1v) is 11.9. The molecule has 2 aliphatic rings. The monoisotopic (exact) mass is 440 g/mol. The second-order valence-corrected chi connectivity index (χ2v) is 10.8. The van der Waals surface area contributed by atoms with Gasteiger partial charge in [-0.1, -0.05) is 97.6 Å². The highest BCUT2D eigenvalue weighted by atomic mass is 32.2. The molecule has 2 saturated heterocycles. The van der Waals surface area contributed by atoms with Crippen molar-refractivity contribution in [3.05, 3.63) is 120 Å². The van der Waals surface area contributed by atoms with E-state index in [2.05, 4.69) is 105 Å². The lowest BCUT2D eigenvalue weighted by molar-refractivity contribution is -0.150. The summed E-state index contributed by atoms with van der Waals surface area (Å²) in [5.74, 6) is 0.132. The van der Waals surface area contributed by atoms with Crippen molar-refractivity contribution >= 4 is 17.7 Å². The summed E-state index contributed by atoms with van der Waals surface area (Å²) in [5, 5.41) is 0.0607. The van der Waals surface area contributed by atoms with Crippen LogP contribution in [0.15, 0.2) is 103 Å². The fourth-order valence-electron chi connectivity index (χ4n) is 5.23. The van der Waals surface area contributed by atoms with Crippen LogP contribution in [0.4, 0.5) is 0 Å². The third-order valence-corrected chi connectivity index (χ3v) is 8.47. The third-order valence-electron chi connectivity index (χ3n) is 6.94. The van der Waals surface area contributed by atoms with Crippen molar-refractivity contribution < 1.29 is 4.79 Å². The molecule has 3 aromatic rings. The summed E-state index contributed by atoms with van der Waals surface area (Å²) < 4.78 is -0.148. The summed E-state index contributed by atoms with van der Waals surface area (Å²) in [6, 6.07) is 31.4. The fourth-order valence-corrected chi connectivity index (χ4v) is 6.83. The first-order chi connectivity index (χ1) is 15.4. The molecule has 162 valence electrons. The molecule has 4 heteroatoms. The van der Waals surface area contributed by atoms with Crippen LogP contribution >= 0.6 is 11.8 Å². The molecule has 3 nitrogen and oxygen atoms in total. The van der Waals surface area contributed by atoms with Gasteiger partial charge in [0.2, 0.25) is 5.91 Å². The summed E-state index contributed by atoms with van der Waals surface area (Å²) in [6.07, 6.45) is 0. The zero-order valence-electron chi connectivity index (χ0n) is 18.7. The van der Waals surface area contributed by atoms with Crippen molar-refractivity contribution in [2.24, 2.45) is 0 Å². The van der Waals surface area contributed by atoms with E-state index in [1.165, 1.54) is 0 Å². The van der Waals surface area contributed by atoms with Gasteiger partial charge in [-0.25, -0.2) is 0 Å². The molecule has 0 saturated carbocycles. The van der Waals surface area contributed by atoms with Crippen LogP contribution < -0.4 is 0 Å². The SMILES string of the molecule is C=C1N2C(=O)C(N(C)C(c3ccccc3)(c3ccccc3)c3ccccc3)C2SC1(C)C. The first kappa shape index (κ1) is 21.0. The minimum Gasteiger partial charge on any atom is -0.299 e. The lowest BCUT2D eigenvalue weighted by atomic mass is 9.74. The number of hydrogen-bond acceptors (Lipinski definition) is 3.